The molecule has 0 aliphatic carbocycles. The van der Waals surface area contributed by atoms with Gasteiger partial charge in [0.05, 0.1) is 30.2 Å². The highest BCUT2D eigenvalue weighted by Crippen LogP contribution is 2.40. The molecule has 0 spiro atoms. The Balaban J connectivity index is 1.49. The summed E-state index contributed by atoms with van der Waals surface area (Å²) in [5.74, 6) is -0.0885. The molecular weight excluding hydrogens is 491 g/mol. The fourth-order valence-corrected chi connectivity index (χ4v) is 4.17. The van der Waals surface area contributed by atoms with E-state index in [-0.39, 0.29) is 12.7 Å². The zero-order chi connectivity index (χ0) is 24.8. The standard InChI is InChI=1S/C24H24Cl2N6O3/c1-31(2)23(29-15-27)30-18-4-3-5-19(11-18)33-12-20-13-34-24(35-20,14-32-9-8-28-16-32)21-7-6-17(25)10-22(21)26/h3-11,16,20H,12-14H2,1-2H3,(H,29,30). The zero-order valence-corrected chi connectivity index (χ0v) is 20.7. The smallest absolute Gasteiger partial charge is 0.215 e. The topological polar surface area (TPSA) is 96.9 Å². The van der Waals surface area contributed by atoms with Crippen molar-refractivity contribution in [2.45, 2.75) is 18.4 Å². The van der Waals surface area contributed by atoms with Gasteiger partial charge in [-0.1, -0.05) is 35.3 Å². The van der Waals surface area contributed by atoms with Crippen molar-refractivity contribution in [1.82, 2.24) is 19.8 Å². The average molecular weight is 515 g/mol. The van der Waals surface area contributed by atoms with E-state index in [1.807, 2.05) is 41.2 Å². The Labute approximate surface area is 213 Å². The lowest BCUT2D eigenvalue weighted by Gasteiger charge is -2.30. The van der Waals surface area contributed by atoms with Crippen LogP contribution in [-0.4, -0.2) is 53.8 Å². The van der Waals surface area contributed by atoms with Crippen LogP contribution in [-0.2, 0) is 21.8 Å². The van der Waals surface area contributed by atoms with Crippen molar-refractivity contribution in [3.05, 3.63) is 76.8 Å². The molecule has 35 heavy (non-hydrogen) atoms. The Morgan fingerprint density at radius 3 is 2.91 bits per heavy atom. The number of aromatic nitrogens is 2. The minimum absolute atomic E-state index is 0.251. The molecule has 1 aliphatic heterocycles. The predicted octanol–water partition coefficient (Wildman–Crippen LogP) is 4.16. The quantitative estimate of drug-likeness (QED) is 0.219. The number of aliphatic imine (C=N–C) groups is 1. The Hall–Kier alpha value is -3.29. The lowest BCUT2D eigenvalue weighted by molar-refractivity contribution is -0.189. The number of imidazole rings is 1. The summed E-state index contributed by atoms with van der Waals surface area (Å²) >= 11 is 12.6. The number of ether oxygens (including phenoxy) is 3. The van der Waals surface area contributed by atoms with Gasteiger partial charge < -0.3 is 23.7 Å². The largest absolute Gasteiger partial charge is 0.491 e. The molecule has 0 amide bonds. The maximum Gasteiger partial charge on any atom is 0.215 e. The molecule has 1 fully saturated rings. The van der Waals surface area contributed by atoms with E-state index in [1.165, 1.54) is 0 Å². The first kappa shape index (κ1) is 24.8. The third-order valence-electron chi connectivity index (χ3n) is 5.23. The van der Waals surface area contributed by atoms with Crippen molar-refractivity contribution in [3.8, 4) is 11.9 Å². The molecule has 182 valence electrons. The molecule has 1 saturated heterocycles. The summed E-state index contributed by atoms with van der Waals surface area (Å²) in [5.41, 5.74) is 1.32. The van der Waals surface area contributed by atoms with Crippen molar-refractivity contribution >= 4 is 34.8 Å². The maximum atomic E-state index is 8.92. The van der Waals surface area contributed by atoms with E-state index in [0.717, 1.165) is 0 Å². The van der Waals surface area contributed by atoms with E-state index in [0.29, 0.717) is 46.2 Å². The number of nitrogens with zero attached hydrogens (tertiary/aromatic N) is 5. The van der Waals surface area contributed by atoms with Gasteiger partial charge in [-0.15, -0.1) is 0 Å². The van der Waals surface area contributed by atoms with Gasteiger partial charge in [0.15, 0.2) is 6.19 Å². The number of hydrogen-bond acceptors (Lipinski definition) is 6. The number of rotatable bonds is 7. The minimum Gasteiger partial charge on any atom is -0.491 e. The monoisotopic (exact) mass is 514 g/mol. The molecule has 11 heteroatoms. The van der Waals surface area contributed by atoms with Gasteiger partial charge in [0.2, 0.25) is 11.7 Å². The Morgan fingerprint density at radius 2 is 2.20 bits per heavy atom. The summed E-state index contributed by atoms with van der Waals surface area (Å²) in [6, 6.07) is 12.5. The Bertz CT molecular complexity index is 1230. The van der Waals surface area contributed by atoms with Crippen LogP contribution < -0.4 is 10.1 Å². The summed E-state index contributed by atoms with van der Waals surface area (Å²) in [6.07, 6.45) is 6.74. The molecule has 3 aromatic rings. The van der Waals surface area contributed by atoms with E-state index in [4.69, 9.17) is 42.7 Å². The van der Waals surface area contributed by atoms with Gasteiger partial charge in [-0.2, -0.15) is 5.26 Å². The van der Waals surface area contributed by atoms with Gasteiger partial charge in [-0.3, -0.25) is 5.32 Å². The number of halogens is 2. The summed E-state index contributed by atoms with van der Waals surface area (Å²) in [6.45, 7) is 0.914. The SMILES string of the molecule is CN(C)C(=Nc1cccc(OCC2COC(Cn3ccnc3)(c3ccc(Cl)cc3Cl)O2)c1)NC#N. The van der Waals surface area contributed by atoms with E-state index >= 15 is 0 Å². The van der Waals surface area contributed by atoms with Crippen molar-refractivity contribution in [3.63, 3.8) is 0 Å². The normalized spacial score (nSPS) is 19.9. The van der Waals surface area contributed by atoms with Crippen LogP contribution in [0.15, 0.2) is 66.2 Å². The molecule has 0 saturated carbocycles. The van der Waals surface area contributed by atoms with Gasteiger partial charge >= 0.3 is 0 Å². The molecule has 1 N–H and O–H groups in total. The fourth-order valence-electron chi connectivity index (χ4n) is 3.62. The van der Waals surface area contributed by atoms with Crippen LogP contribution >= 0.6 is 23.2 Å². The predicted molar refractivity (Wildman–Crippen MR) is 133 cm³/mol. The lowest BCUT2D eigenvalue weighted by atomic mass is 10.1. The van der Waals surface area contributed by atoms with Gasteiger partial charge in [0, 0.05) is 43.1 Å². The van der Waals surface area contributed by atoms with E-state index in [1.54, 1.807) is 49.7 Å². The Kier molecular flexibility index (Phi) is 7.78. The van der Waals surface area contributed by atoms with Gasteiger partial charge in [-0.25, -0.2) is 9.98 Å². The summed E-state index contributed by atoms with van der Waals surface area (Å²) < 4.78 is 20.5. The number of nitrogens with one attached hydrogen (secondary N) is 1. The van der Waals surface area contributed by atoms with Gasteiger partial charge in [0.1, 0.15) is 18.5 Å². The van der Waals surface area contributed by atoms with Crippen LogP contribution in [0.1, 0.15) is 5.56 Å². The minimum atomic E-state index is -1.12. The van der Waals surface area contributed by atoms with E-state index < -0.39 is 5.79 Å². The first-order valence-electron chi connectivity index (χ1n) is 10.8. The molecular formula is C24H24Cl2N6O3. The second-order valence-electron chi connectivity index (χ2n) is 8.04. The van der Waals surface area contributed by atoms with Crippen LogP contribution in [0.3, 0.4) is 0 Å². The first-order valence-corrected chi connectivity index (χ1v) is 11.5. The van der Waals surface area contributed by atoms with Crippen molar-refractivity contribution in [2.24, 2.45) is 4.99 Å². The number of nitriles is 1. The van der Waals surface area contributed by atoms with Crippen LogP contribution in [0.2, 0.25) is 10.0 Å². The second kappa shape index (κ2) is 11.0. The zero-order valence-electron chi connectivity index (χ0n) is 19.2. The fraction of sp³-hybridized carbons (Fsp3) is 0.292. The van der Waals surface area contributed by atoms with Crippen LogP contribution in [0.25, 0.3) is 0 Å². The highest BCUT2D eigenvalue weighted by Gasteiger charge is 2.45. The van der Waals surface area contributed by atoms with Crippen molar-refractivity contribution in [1.29, 1.82) is 5.26 Å². The molecule has 9 nitrogen and oxygen atoms in total. The molecule has 0 radical (unpaired) electrons. The molecule has 4 rings (SSSR count). The molecule has 0 bridgehead atoms. The van der Waals surface area contributed by atoms with Crippen molar-refractivity contribution < 1.29 is 14.2 Å². The van der Waals surface area contributed by atoms with Gasteiger partial charge in [-0.05, 0) is 24.3 Å². The second-order valence-corrected chi connectivity index (χ2v) is 8.88. The van der Waals surface area contributed by atoms with Crippen LogP contribution in [0.4, 0.5) is 5.69 Å². The molecule has 1 aromatic heterocycles. The maximum absolute atomic E-state index is 8.92. The van der Waals surface area contributed by atoms with Crippen LogP contribution in [0.5, 0.6) is 5.75 Å². The number of hydrogen-bond donors (Lipinski definition) is 1. The highest BCUT2D eigenvalue weighted by molar-refractivity contribution is 6.35. The third kappa shape index (κ3) is 6.05. The highest BCUT2D eigenvalue weighted by atomic mass is 35.5. The molecule has 2 atom stereocenters. The van der Waals surface area contributed by atoms with E-state index in [9.17, 15) is 0 Å². The first-order chi connectivity index (χ1) is 16.9. The molecule has 2 heterocycles. The number of benzene rings is 2. The van der Waals surface area contributed by atoms with Crippen LogP contribution in [0, 0.1) is 11.5 Å². The Morgan fingerprint density at radius 1 is 1.34 bits per heavy atom. The summed E-state index contributed by atoms with van der Waals surface area (Å²) in [5, 5.41) is 12.5. The molecule has 2 unspecified atom stereocenters. The lowest BCUT2D eigenvalue weighted by Crippen LogP contribution is -2.34. The number of guanidine groups is 1. The summed E-state index contributed by atoms with van der Waals surface area (Å²) in [4.78, 5) is 10.3. The third-order valence-corrected chi connectivity index (χ3v) is 5.78. The van der Waals surface area contributed by atoms with E-state index in [2.05, 4.69) is 15.3 Å². The molecule has 2 aromatic carbocycles. The van der Waals surface area contributed by atoms with Crippen molar-refractivity contribution in [2.75, 3.05) is 27.3 Å². The van der Waals surface area contributed by atoms with Gasteiger partial charge in [0.25, 0.3) is 0 Å². The molecule has 1 aliphatic rings. The summed E-state index contributed by atoms with van der Waals surface area (Å²) in [7, 11) is 3.59. The average Bonchev–Trinajstić information content (AvgIpc) is 3.48.